The lowest BCUT2D eigenvalue weighted by molar-refractivity contribution is 0.0717. The summed E-state index contributed by atoms with van der Waals surface area (Å²) in [4.78, 5) is 14.1. The average molecular weight is 377 g/mol. The number of nitrogens with zero attached hydrogens (tertiary/aromatic N) is 1. The van der Waals surface area contributed by atoms with Gasteiger partial charge in [0.1, 0.15) is 0 Å². The van der Waals surface area contributed by atoms with E-state index in [9.17, 15) is 4.79 Å². The molecule has 0 aliphatic heterocycles. The summed E-state index contributed by atoms with van der Waals surface area (Å²) in [7, 11) is 1.62. The van der Waals surface area contributed by atoms with E-state index in [2.05, 4.69) is 38.4 Å². The van der Waals surface area contributed by atoms with Crippen LogP contribution in [0.4, 0.5) is 0 Å². The minimum absolute atomic E-state index is 0.0416. The van der Waals surface area contributed by atoms with Crippen molar-refractivity contribution in [3.05, 3.63) is 45.4 Å². The molecule has 0 fully saturated rings. The third-order valence-electron chi connectivity index (χ3n) is 2.36. The first-order valence-corrected chi connectivity index (χ1v) is 7.03. The molecular formula is C13H15Br2NO2. The number of hydrogen-bond acceptors (Lipinski definition) is 2. The minimum Gasteiger partial charge on any atom is -0.383 e. The molecule has 18 heavy (non-hydrogen) atoms. The van der Waals surface area contributed by atoms with Gasteiger partial charge in [-0.05, 0) is 34.1 Å². The van der Waals surface area contributed by atoms with Gasteiger partial charge in [-0.1, -0.05) is 22.0 Å². The van der Waals surface area contributed by atoms with Gasteiger partial charge in [-0.25, -0.2) is 0 Å². The molecule has 0 aromatic heterocycles. The van der Waals surface area contributed by atoms with E-state index in [0.29, 0.717) is 25.3 Å². The van der Waals surface area contributed by atoms with Gasteiger partial charge in [-0.2, -0.15) is 0 Å². The largest absolute Gasteiger partial charge is 0.383 e. The van der Waals surface area contributed by atoms with Crippen molar-refractivity contribution in [1.29, 1.82) is 0 Å². The summed E-state index contributed by atoms with van der Waals surface area (Å²) < 4.78 is 6.66. The third kappa shape index (κ3) is 4.23. The summed E-state index contributed by atoms with van der Waals surface area (Å²) >= 11 is 6.76. The Bertz CT molecular complexity index is 435. The number of carbonyl (C=O) groups is 1. The molecule has 0 saturated heterocycles. The number of methoxy groups -OCH3 is 1. The smallest absolute Gasteiger partial charge is 0.255 e. The zero-order valence-electron chi connectivity index (χ0n) is 10.2. The maximum atomic E-state index is 12.4. The third-order valence-corrected chi connectivity index (χ3v) is 3.55. The quantitative estimate of drug-likeness (QED) is 0.711. The highest BCUT2D eigenvalue weighted by molar-refractivity contribution is 9.11. The molecule has 0 bridgehead atoms. The standard InChI is InChI=1S/C13H15Br2NO2/c1-3-6-16(7-8-18-2)13(17)11-9-10(14)4-5-12(11)15/h3-5,9H,1,6-8H2,2H3. The van der Waals surface area contributed by atoms with Crippen LogP contribution in [0.2, 0.25) is 0 Å². The van der Waals surface area contributed by atoms with Crippen molar-refractivity contribution >= 4 is 37.8 Å². The molecule has 0 N–H and O–H groups in total. The summed E-state index contributed by atoms with van der Waals surface area (Å²) in [5.74, 6) is -0.0416. The fraction of sp³-hybridized carbons (Fsp3) is 0.308. The number of amides is 1. The number of rotatable bonds is 6. The minimum atomic E-state index is -0.0416. The van der Waals surface area contributed by atoms with E-state index in [1.807, 2.05) is 12.1 Å². The van der Waals surface area contributed by atoms with Gasteiger partial charge in [0.15, 0.2) is 0 Å². The van der Waals surface area contributed by atoms with Crippen molar-refractivity contribution in [3.63, 3.8) is 0 Å². The molecule has 0 aliphatic carbocycles. The van der Waals surface area contributed by atoms with Crippen LogP contribution >= 0.6 is 31.9 Å². The Hall–Kier alpha value is -0.650. The molecule has 0 atom stereocenters. The average Bonchev–Trinajstić information content (AvgIpc) is 2.36. The molecule has 0 unspecified atom stereocenters. The van der Waals surface area contributed by atoms with Crippen LogP contribution in [-0.2, 0) is 4.74 Å². The predicted octanol–water partition coefficient (Wildman–Crippen LogP) is 3.49. The van der Waals surface area contributed by atoms with Crippen molar-refractivity contribution < 1.29 is 9.53 Å². The molecule has 1 amide bonds. The lowest BCUT2D eigenvalue weighted by Crippen LogP contribution is -2.34. The van der Waals surface area contributed by atoms with Crippen molar-refractivity contribution in [3.8, 4) is 0 Å². The van der Waals surface area contributed by atoms with Gasteiger partial charge < -0.3 is 9.64 Å². The molecule has 1 rings (SSSR count). The number of ether oxygens (including phenoxy) is 1. The summed E-state index contributed by atoms with van der Waals surface area (Å²) in [5, 5.41) is 0. The van der Waals surface area contributed by atoms with Crippen LogP contribution in [0.25, 0.3) is 0 Å². The van der Waals surface area contributed by atoms with Crippen molar-refractivity contribution in [2.75, 3.05) is 26.8 Å². The van der Waals surface area contributed by atoms with E-state index in [-0.39, 0.29) is 5.91 Å². The van der Waals surface area contributed by atoms with Crippen LogP contribution in [0.5, 0.6) is 0 Å². The van der Waals surface area contributed by atoms with E-state index in [0.717, 1.165) is 8.95 Å². The number of carbonyl (C=O) groups excluding carboxylic acids is 1. The Balaban J connectivity index is 2.93. The van der Waals surface area contributed by atoms with Crippen LogP contribution in [0, 0.1) is 0 Å². The van der Waals surface area contributed by atoms with Crippen LogP contribution in [0.1, 0.15) is 10.4 Å². The first kappa shape index (κ1) is 15.4. The van der Waals surface area contributed by atoms with E-state index in [1.54, 1.807) is 24.2 Å². The first-order valence-electron chi connectivity index (χ1n) is 5.44. The Morgan fingerprint density at radius 3 is 2.83 bits per heavy atom. The highest BCUT2D eigenvalue weighted by Gasteiger charge is 2.17. The molecule has 1 aromatic carbocycles. The highest BCUT2D eigenvalue weighted by atomic mass is 79.9. The summed E-state index contributed by atoms with van der Waals surface area (Å²) in [6.45, 7) is 5.22. The van der Waals surface area contributed by atoms with E-state index in [4.69, 9.17) is 4.74 Å². The molecule has 0 saturated carbocycles. The zero-order chi connectivity index (χ0) is 13.5. The second-order valence-electron chi connectivity index (χ2n) is 3.66. The second-order valence-corrected chi connectivity index (χ2v) is 5.43. The molecule has 3 nitrogen and oxygen atoms in total. The fourth-order valence-corrected chi connectivity index (χ4v) is 2.24. The Morgan fingerprint density at radius 2 is 2.22 bits per heavy atom. The zero-order valence-corrected chi connectivity index (χ0v) is 13.3. The molecule has 98 valence electrons. The second kappa shape index (κ2) is 7.71. The van der Waals surface area contributed by atoms with Gasteiger partial charge in [0.25, 0.3) is 5.91 Å². The van der Waals surface area contributed by atoms with Gasteiger partial charge in [0.05, 0.1) is 12.2 Å². The van der Waals surface area contributed by atoms with Gasteiger partial charge in [-0.15, -0.1) is 6.58 Å². The molecule has 0 spiro atoms. The van der Waals surface area contributed by atoms with Crippen molar-refractivity contribution in [1.82, 2.24) is 4.90 Å². The van der Waals surface area contributed by atoms with E-state index in [1.165, 1.54) is 0 Å². The number of hydrogen-bond donors (Lipinski definition) is 0. The highest BCUT2D eigenvalue weighted by Crippen LogP contribution is 2.22. The monoisotopic (exact) mass is 375 g/mol. The maximum Gasteiger partial charge on any atom is 0.255 e. The van der Waals surface area contributed by atoms with Crippen LogP contribution in [-0.4, -0.2) is 37.6 Å². The van der Waals surface area contributed by atoms with Crippen molar-refractivity contribution in [2.24, 2.45) is 0 Å². The lowest BCUT2D eigenvalue weighted by Gasteiger charge is -2.21. The van der Waals surface area contributed by atoms with Gasteiger partial charge in [-0.3, -0.25) is 4.79 Å². The molecule has 0 heterocycles. The molecular weight excluding hydrogens is 362 g/mol. The normalized spacial score (nSPS) is 10.2. The lowest BCUT2D eigenvalue weighted by atomic mass is 10.2. The van der Waals surface area contributed by atoms with Gasteiger partial charge in [0.2, 0.25) is 0 Å². The van der Waals surface area contributed by atoms with Crippen LogP contribution in [0.15, 0.2) is 39.8 Å². The first-order chi connectivity index (χ1) is 8.60. The van der Waals surface area contributed by atoms with E-state index >= 15 is 0 Å². The number of halogens is 2. The van der Waals surface area contributed by atoms with Crippen LogP contribution in [0.3, 0.4) is 0 Å². The summed E-state index contributed by atoms with van der Waals surface area (Å²) in [6, 6.07) is 5.53. The Kier molecular flexibility index (Phi) is 6.60. The summed E-state index contributed by atoms with van der Waals surface area (Å²) in [6.07, 6.45) is 1.71. The fourth-order valence-electron chi connectivity index (χ4n) is 1.46. The van der Waals surface area contributed by atoms with Gasteiger partial charge in [0, 0.05) is 29.1 Å². The van der Waals surface area contributed by atoms with Crippen molar-refractivity contribution in [2.45, 2.75) is 0 Å². The van der Waals surface area contributed by atoms with Crippen LogP contribution < -0.4 is 0 Å². The molecule has 5 heteroatoms. The van der Waals surface area contributed by atoms with Gasteiger partial charge >= 0.3 is 0 Å². The molecule has 0 radical (unpaired) electrons. The topological polar surface area (TPSA) is 29.5 Å². The Labute approximate surface area is 124 Å². The molecule has 1 aromatic rings. The number of benzene rings is 1. The SMILES string of the molecule is C=CCN(CCOC)C(=O)c1cc(Br)ccc1Br. The predicted molar refractivity (Wildman–Crippen MR) is 79.8 cm³/mol. The summed E-state index contributed by atoms with van der Waals surface area (Å²) in [5.41, 5.74) is 0.627. The Morgan fingerprint density at radius 1 is 1.50 bits per heavy atom. The van der Waals surface area contributed by atoms with E-state index < -0.39 is 0 Å². The molecule has 0 aliphatic rings. The maximum absolute atomic E-state index is 12.4.